The zero-order chi connectivity index (χ0) is 11.4. The molecule has 1 rings (SSSR count). The Morgan fingerprint density at radius 1 is 1.47 bits per heavy atom. The summed E-state index contributed by atoms with van der Waals surface area (Å²) >= 11 is 0. The van der Waals surface area contributed by atoms with Crippen LogP contribution in [0.3, 0.4) is 0 Å². The van der Waals surface area contributed by atoms with Gasteiger partial charge in [0, 0.05) is 21.0 Å². The molecule has 0 spiro atoms. The number of aromatic nitrogens is 1. The fourth-order valence-corrected chi connectivity index (χ4v) is 1.20. The molecule has 0 fully saturated rings. The maximum Gasteiger partial charge on any atom is 0.303 e. The lowest BCUT2D eigenvalue weighted by Gasteiger charge is -2.13. The summed E-state index contributed by atoms with van der Waals surface area (Å²) in [5, 5.41) is 0. The van der Waals surface area contributed by atoms with E-state index < -0.39 is 0 Å². The number of rotatable bonds is 3. The number of esters is 1. The van der Waals surface area contributed by atoms with Gasteiger partial charge in [0.1, 0.15) is 12.4 Å². The minimum Gasteiger partial charge on any atom is -0.459 e. The van der Waals surface area contributed by atoms with Crippen molar-refractivity contribution in [1.82, 2.24) is 4.98 Å². The Balaban J connectivity index is 2.84. The second-order valence-corrected chi connectivity index (χ2v) is 3.67. The Bertz CT molecular complexity index is 362. The lowest BCUT2D eigenvalue weighted by Crippen LogP contribution is -2.12. The fourth-order valence-electron chi connectivity index (χ4n) is 1.20. The maximum atomic E-state index is 10.7. The highest BCUT2D eigenvalue weighted by atomic mass is 16.5. The summed E-state index contributed by atoms with van der Waals surface area (Å²) < 4.78 is 4.90. The van der Waals surface area contributed by atoms with Crippen LogP contribution in [0.5, 0.6) is 0 Å². The summed E-state index contributed by atoms with van der Waals surface area (Å²) in [6.45, 7) is 3.62. The van der Waals surface area contributed by atoms with Gasteiger partial charge in [-0.25, -0.2) is 4.98 Å². The Hall–Kier alpha value is -1.58. The van der Waals surface area contributed by atoms with Crippen molar-refractivity contribution in [1.29, 1.82) is 0 Å². The molecule has 1 aromatic heterocycles. The van der Waals surface area contributed by atoms with Crippen LogP contribution in [0.2, 0.25) is 0 Å². The molecule has 0 N–H and O–H groups in total. The van der Waals surface area contributed by atoms with Crippen molar-refractivity contribution in [2.45, 2.75) is 20.5 Å². The number of ether oxygens (including phenoxy) is 1. The van der Waals surface area contributed by atoms with Gasteiger partial charge in [0.05, 0.1) is 5.69 Å². The first kappa shape index (κ1) is 11.5. The first-order chi connectivity index (χ1) is 6.99. The number of nitrogens with zero attached hydrogens (tertiary/aromatic N) is 2. The SMILES string of the molecule is CC(=O)OCc1cc(C)cc(N(C)C)n1. The standard InChI is InChI=1S/C11H16N2O2/c1-8-5-10(7-15-9(2)14)12-11(6-8)13(3)4/h5-6H,7H2,1-4H3. The van der Waals surface area contributed by atoms with E-state index in [1.807, 2.05) is 38.1 Å². The molecule has 0 aliphatic rings. The summed E-state index contributed by atoms with van der Waals surface area (Å²) in [4.78, 5) is 16.9. The molecule has 0 aliphatic carbocycles. The lowest BCUT2D eigenvalue weighted by atomic mass is 10.2. The van der Waals surface area contributed by atoms with Gasteiger partial charge >= 0.3 is 5.97 Å². The Morgan fingerprint density at radius 3 is 2.67 bits per heavy atom. The van der Waals surface area contributed by atoms with Crippen LogP contribution in [0.1, 0.15) is 18.2 Å². The van der Waals surface area contributed by atoms with Crippen molar-refractivity contribution < 1.29 is 9.53 Å². The van der Waals surface area contributed by atoms with Gasteiger partial charge in [0.15, 0.2) is 0 Å². The van der Waals surface area contributed by atoms with Gasteiger partial charge in [-0.05, 0) is 24.6 Å². The first-order valence-electron chi connectivity index (χ1n) is 4.77. The van der Waals surface area contributed by atoms with E-state index in [2.05, 4.69) is 4.98 Å². The van der Waals surface area contributed by atoms with E-state index >= 15 is 0 Å². The number of anilines is 1. The molecule has 0 aliphatic heterocycles. The second kappa shape index (κ2) is 4.77. The number of aryl methyl sites for hydroxylation is 1. The van der Waals surface area contributed by atoms with Crippen molar-refractivity contribution >= 4 is 11.8 Å². The van der Waals surface area contributed by atoms with Crippen LogP contribution >= 0.6 is 0 Å². The summed E-state index contributed by atoms with van der Waals surface area (Å²) in [6.07, 6.45) is 0. The zero-order valence-electron chi connectivity index (χ0n) is 9.57. The summed E-state index contributed by atoms with van der Waals surface area (Å²) in [5.74, 6) is 0.585. The largest absolute Gasteiger partial charge is 0.459 e. The molecule has 4 nitrogen and oxygen atoms in total. The highest BCUT2D eigenvalue weighted by molar-refractivity contribution is 5.65. The molecule has 0 saturated heterocycles. The Kier molecular flexibility index (Phi) is 3.66. The fraction of sp³-hybridized carbons (Fsp3) is 0.455. The van der Waals surface area contributed by atoms with Crippen molar-refractivity contribution in [2.75, 3.05) is 19.0 Å². The van der Waals surface area contributed by atoms with Crippen molar-refractivity contribution in [3.05, 3.63) is 23.4 Å². The van der Waals surface area contributed by atoms with E-state index in [4.69, 9.17) is 4.74 Å². The highest BCUT2D eigenvalue weighted by Crippen LogP contribution is 2.12. The molecule has 4 heteroatoms. The molecular formula is C11H16N2O2. The molecule has 0 radical (unpaired) electrons. The molecule has 0 unspecified atom stereocenters. The molecule has 0 aromatic carbocycles. The summed E-state index contributed by atoms with van der Waals surface area (Å²) in [7, 11) is 3.86. The predicted octanol–water partition coefficient (Wildman–Crippen LogP) is 1.52. The monoisotopic (exact) mass is 208 g/mol. The van der Waals surface area contributed by atoms with E-state index in [9.17, 15) is 4.79 Å². The van der Waals surface area contributed by atoms with Gasteiger partial charge in [0.25, 0.3) is 0 Å². The number of carbonyl (C=O) groups excluding carboxylic acids is 1. The summed E-state index contributed by atoms with van der Waals surface area (Å²) in [6, 6.07) is 3.90. The number of pyridine rings is 1. The van der Waals surface area contributed by atoms with Gasteiger partial charge in [0.2, 0.25) is 0 Å². The second-order valence-electron chi connectivity index (χ2n) is 3.67. The van der Waals surface area contributed by atoms with Crippen LogP contribution in [0.4, 0.5) is 5.82 Å². The number of carbonyl (C=O) groups is 1. The van der Waals surface area contributed by atoms with E-state index in [0.29, 0.717) is 0 Å². The molecule has 0 amide bonds. The van der Waals surface area contributed by atoms with Gasteiger partial charge in [-0.15, -0.1) is 0 Å². The molecule has 0 bridgehead atoms. The molecular weight excluding hydrogens is 192 g/mol. The zero-order valence-corrected chi connectivity index (χ0v) is 9.57. The molecule has 1 aromatic rings. The van der Waals surface area contributed by atoms with E-state index in [1.165, 1.54) is 6.92 Å². The highest BCUT2D eigenvalue weighted by Gasteiger charge is 2.03. The molecule has 15 heavy (non-hydrogen) atoms. The third-order valence-corrected chi connectivity index (χ3v) is 1.89. The normalized spacial score (nSPS) is 9.87. The van der Waals surface area contributed by atoms with Crippen molar-refractivity contribution in [3.63, 3.8) is 0 Å². The quantitative estimate of drug-likeness (QED) is 0.706. The van der Waals surface area contributed by atoms with Gasteiger partial charge in [-0.2, -0.15) is 0 Å². The van der Waals surface area contributed by atoms with Gasteiger partial charge in [-0.1, -0.05) is 0 Å². The number of hydrogen-bond acceptors (Lipinski definition) is 4. The summed E-state index contributed by atoms with van der Waals surface area (Å²) in [5.41, 5.74) is 1.88. The average molecular weight is 208 g/mol. The minimum absolute atomic E-state index is 0.234. The van der Waals surface area contributed by atoms with Crippen LogP contribution < -0.4 is 4.90 Å². The Labute approximate surface area is 89.9 Å². The average Bonchev–Trinajstić information content (AvgIpc) is 2.13. The van der Waals surface area contributed by atoms with Crippen LogP contribution in [-0.2, 0) is 16.1 Å². The molecule has 82 valence electrons. The lowest BCUT2D eigenvalue weighted by molar-refractivity contribution is -0.142. The van der Waals surface area contributed by atoms with Crippen molar-refractivity contribution in [3.8, 4) is 0 Å². The maximum absolute atomic E-state index is 10.7. The molecule has 1 heterocycles. The van der Waals surface area contributed by atoms with E-state index in [-0.39, 0.29) is 12.6 Å². The predicted molar refractivity (Wildman–Crippen MR) is 58.8 cm³/mol. The van der Waals surface area contributed by atoms with E-state index in [1.54, 1.807) is 0 Å². The van der Waals surface area contributed by atoms with Crippen LogP contribution in [0.15, 0.2) is 12.1 Å². The first-order valence-corrected chi connectivity index (χ1v) is 4.77. The Morgan fingerprint density at radius 2 is 2.13 bits per heavy atom. The van der Waals surface area contributed by atoms with Crippen LogP contribution in [-0.4, -0.2) is 25.0 Å². The third kappa shape index (κ3) is 3.58. The van der Waals surface area contributed by atoms with Gasteiger partial charge < -0.3 is 9.64 Å². The smallest absolute Gasteiger partial charge is 0.303 e. The van der Waals surface area contributed by atoms with E-state index in [0.717, 1.165) is 17.1 Å². The van der Waals surface area contributed by atoms with Crippen molar-refractivity contribution in [2.24, 2.45) is 0 Å². The van der Waals surface area contributed by atoms with Crippen LogP contribution in [0.25, 0.3) is 0 Å². The minimum atomic E-state index is -0.287. The topological polar surface area (TPSA) is 42.4 Å². The third-order valence-electron chi connectivity index (χ3n) is 1.89. The van der Waals surface area contributed by atoms with Crippen LogP contribution in [0, 0.1) is 6.92 Å². The molecule has 0 saturated carbocycles. The van der Waals surface area contributed by atoms with Gasteiger partial charge in [-0.3, -0.25) is 4.79 Å². The molecule has 0 atom stereocenters. The number of hydrogen-bond donors (Lipinski definition) is 0.